The molecule has 0 unspecified atom stereocenters. The van der Waals surface area contributed by atoms with Gasteiger partial charge in [0.1, 0.15) is 12.4 Å². The van der Waals surface area contributed by atoms with Crippen molar-refractivity contribution in [2.45, 2.75) is 37.8 Å². The Labute approximate surface area is 175 Å². The van der Waals surface area contributed by atoms with Crippen LogP contribution in [0.1, 0.15) is 24.7 Å². The summed E-state index contributed by atoms with van der Waals surface area (Å²) in [6.45, 7) is 3.95. The summed E-state index contributed by atoms with van der Waals surface area (Å²) in [5, 5.41) is 9.69. The molecule has 1 aromatic heterocycles. The summed E-state index contributed by atoms with van der Waals surface area (Å²) in [7, 11) is -3.52. The number of carbonyl (C=O) groups is 1. The zero-order chi connectivity index (χ0) is 20.9. The van der Waals surface area contributed by atoms with Crippen LogP contribution in [0.4, 0.5) is 0 Å². The van der Waals surface area contributed by atoms with E-state index in [9.17, 15) is 13.2 Å². The fourth-order valence-electron chi connectivity index (χ4n) is 3.04. The minimum absolute atomic E-state index is 0.0914. The lowest BCUT2D eigenvalue weighted by Gasteiger charge is -2.26. The summed E-state index contributed by atoms with van der Waals surface area (Å²) >= 11 is 5.18. The standard InChI is InChI=1S/C18H25N5O4S2/c1-2-3-16-20-21-18(28)23(16)13-17(24)19-12-14-4-6-15(7-5-14)29(25,26)22-8-10-27-11-9-22/h4-7H,2-3,8-13H2,1H3,(H,19,24)(H,21,28). The fraction of sp³-hybridized carbons (Fsp3) is 0.500. The number of hydrogen-bond acceptors (Lipinski definition) is 6. The number of aromatic amines is 1. The third-order valence-electron chi connectivity index (χ3n) is 4.63. The lowest BCUT2D eigenvalue weighted by atomic mass is 10.2. The number of morpholine rings is 1. The molecule has 0 bridgehead atoms. The molecule has 1 aliphatic heterocycles. The lowest BCUT2D eigenvalue weighted by molar-refractivity contribution is -0.121. The van der Waals surface area contributed by atoms with Gasteiger partial charge in [-0.05, 0) is 36.3 Å². The van der Waals surface area contributed by atoms with Crippen LogP contribution in [0.25, 0.3) is 0 Å². The van der Waals surface area contributed by atoms with Crippen LogP contribution < -0.4 is 5.32 Å². The second-order valence-corrected chi connectivity index (χ2v) is 9.04. The Kier molecular flexibility index (Phi) is 7.17. The molecule has 1 saturated heterocycles. The number of amides is 1. The van der Waals surface area contributed by atoms with Crippen molar-refractivity contribution in [1.82, 2.24) is 24.4 Å². The topological polar surface area (TPSA) is 109 Å². The molecule has 1 aromatic carbocycles. The van der Waals surface area contributed by atoms with Gasteiger partial charge in [0.25, 0.3) is 0 Å². The molecule has 1 fully saturated rings. The minimum atomic E-state index is -3.52. The van der Waals surface area contributed by atoms with E-state index in [1.807, 2.05) is 6.92 Å². The second kappa shape index (κ2) is 9.61. The van der Waals surface area contributed by atoms with E-state index in [4.69, 9.17) is 17.0 Å². The van der Waals surface area contributed by atoms with Crippen molar-refractivity contribution in [2.24, 2.45) is 0 Å². The molecule has 29 heavy (non-hydrogen) atoms. The maximum Gasteiger partial charge on any atom is 0.243 e. The molecule has 0 saturated carbocycles. The summed E-state index contributed by atoms with van der Waals surface area (Å²) in [5.74, 6) is 0.565. The molecule has 11 heteroatoms. The number of rotatable bonds is 8. The van der Waals surface area contributed by atoms with Crippen LogP contribution in [0.5, 0.6) is 0 Å². The monoisotopic (exact) mass is 439 g/mol. The summed E-state index contributed by atoms with van der Waals surface area (Å²) in [6, 6.07) is 6.55. The molecule has 3 rings (SSSR count). The van der Waals surface area contributed by atoms with Crippen LogP contribution >= 0.6 is 12.2 Å². The minimum Gasteiger partial charge on any atom is -0.379 e. The average molecular weight is 440 g/mol. The molecule has 0 spiro atoms. The molecule has 0 radical (unpaired) electrons. The van der Waals surface area contributed by atoms with Crippen molar-refractivity contribution in [1.29, 1.82) is 0 Å². The Morgan fingerprint density at radius 3 is 2.62 bits per heavy atom. The van der Waals surface area contributed by atoms with Gasteiger partial charge in [-0.2, -0.15) is 9.40 Å². The van der Waals surface area contributed by atoms with Gasteiger partial charge in [-0.15, -0.1) is 0 Å². The number of aromatic nitrogens is 3. The third-order valence-corrected chi connectivity index (χ3v) is 6.86. The largest absolute Gasteiger partial charge is 0.379 e. The molecule has 0 aliphatic carbocycles. The summed E-state index contributed by atoms with van der Waals surface area (Å²) < 4.78 is 34.0. The summed E-state index contributed by atoms with van der Waals surface area (Å²) in [6.07, 6.45) is 1.64. The Morgan fingerprint density at radius 2 is 1.97 bits per heavy atom. The average Bonchev–Trinajstić information content (AvgIpc) is 3.07. The van der Waals surface area contributed by atoms with Crippen LogP contribution in [0, 0.1) is 4.77 Å². The van der Waals surface area contributed by atoms with Crippen LogP contribution in [0.15, 0.2) is 29.2 Å². The maximum absolute atomic E-state index is 12.6. The second-order valence-electron chi connectivity index (χ2n) is 6.72. The SMILES string of the molecule is CCCc1n[nH]c(=S)n1CC(=O)NCc1ccc(S(=O)(=O)N2CCOCC2)cc1. The highest BCUT2D eigenvalue weighted by molar-refractivity contribution is 7.89. The van der Waals surface area contributed by atoms with E-state index in [1.165, 1.54) is 4.31 Å². The zero-order valence-corrected chi connectivity index (χ0v) is 17.9. The normalized spacial score (nSPS) is 15.3. The summed E-state index contributed by atoms with van der Waals surface area (Å²) in [5.41, 5.74) is 0.809. The predicted molar refractivity (Wildman–Crippen MR) is 109 cm³/mol. The Hall–Kier alpha value is -2.08. The molecular formula is C18H25N5O4S2. The van der Waals surface area contributed by atoms with Crippen molar-refractivity contribution in [3.05, 3.63) is 40.4 Å². The van der Waals surface area contributed by atoms with Crippen LogP contribution in [0.3, 0.4) is 0 Å². The van der Waals surface area contributed by atoms with E-state index in [0.29, 0.717) is 37.6 Å². The van der Waals surface area contributed by atoms with E-state index >= 15 is 0 Å². The maximum atomic E-state index is 12.6. The molecule has 9 nitrogen and oxygen atoms in total. The highest BCUT2D eigenvalue weighted by Gasteiger charge is 2.26. The predicted octanol–water partition coefficient (Wildman–Crippen LogP) is 1.23. The van der Waals surface area contributed by atoms with E-state index in [-0.39, 0.29) is 17.3 Å². The van der Waals surface area contributed by atoms with Crippen LogP contribution in [-0.4, -0.2) is 59.7 Å². The number of nitrogens with one attached hydrogen (secondary N) is 2. The van der Waals surface area contributed by atoms with Gasteiger partial charge in [0, 0.05) is 26.1 Å². The van der Waals surface area contributed by atoms with E-state index in [1.54, 1.807) is 28.8 Å². The number of H-pyrrole nitrogens is 1. The van der Waals surface area contributed by atoms with Gasteiger partial charge < -0.3 is 10.1 Å². The van der Waals surface area contributed by atoms with Gasteiger partial charge in [-0.1, -0.05) is 19.1 Å². The molecule has 158 valence electrons. The molecule has 1 amide bonds. The van der Waals surface area contributed by atoms with Gasteiger partial charge >= 0.3 is 0 Å². The molecule has 2 N–H and O–H groups in total. The van der Waals surface area contributed by atoms with E-state index in [0.717, 1.165) is 24.2 Å². The first-order valence-electron chi connectivity index (χ1n) is 9.49. The first kappa shape index (κ1) is 21.6. The Balaban J connectivity index is 1.58. The van der Waals surface area contributed by atoms with E-state index in [2.05, 4.69) is 15.5 Å². The van der Waals surface area contributed by atoms with Crippen LogP contribution in [0.2, 0.25) is 0 Å². The number of aryl methyl sites for hydroxylation is 1. The van der Waals surface area contributed by atoms with Crippen LogP contribution in [-0.2, 0) is 39.1 Å². The van der Waals surface area contributed by atoms with Gasteiger partial charge in [0.15, 0.2) is 4.77 Å². The number of benzene rings is 1. The van der Waals surface area contributed by atoms with E-state index < -0.39 is 10.0 Å². The molecule has 2 heterocycles. The van der Waals surface area contributed by atoms with Gasteiger partial charge in [0.05, 0.1) is 18.1 Å². The first-order chi connectivity index (χ1) is 13.9. The molecular weight excluding hydrogens is 414 g/mol. The number of carbonyl (C=O) groups excluding carboxylic acids is 1. The van der Waals surface area contributed by atoms with Crippen molar-refractivity contribution >= 4 is 28.1 Å². The number of nitrogens with zero attached hydrogens (tertiary/aromatic N) is 3. The highest BCUT2D eigenvalue weighted by atomic mass is 32.2. The van der Waals surface area contributed by atoms with Gasteiger partial charge in [-0.25, -0.2) is 8.42 Å². The van der Waals surface area contributed by atoms with Crippen molar-refractivity contribution in [2.75, 3.05) is 26.3 Å². The van der Waals surface area contributed by atoms with Crippen molar-refractivity contribution < 1.29 is 17.9 Å². The lowest BCUT2D eigenvalue weighted by Crippen LogP contribution is -2.40. The summed E-state index contributed by atoms with van der Waals surface area (Å²) in [4.78, 5) is 12.5. The highest BCUT2D eigenvalue weighted by Crippen LogP contribution is 2.17. The molecule has 2 aromatic rings. The third kappa shape index (κ3) is 5.30. The van der Waals surface area contributed by atoms with Gasteiger partial charge in [-0.3, -0.25) is 14.5 Å². The Bertz CT molecular complexity index is 992. The Morgan fingerprint density at radius 1 is 1.28 bits per heavy atom. The van der Waals surface area contributed by atoms with Gasteiger partial charge in [0.2, 0.25) is 15.9 Å². The first-order valence-corrected chi connectivity index (χ1v) is 11.3. The smallest absolute Gasteiger partial charge is 0.243 e. The number of ether oxygens (including phenoxy) is 1. The fourth-order valence-corrected chi connectivity index (χ4v) is 4.67. The molecule has 0 atom stereocenters. The van der Waals surface area contributed by atoms with Crippen molar-refractivity contribution in [3.63, 3.8) is 0 Å². The quantitative estimate of drug-likeness (QED) is 0.599. The van der Waals surface area contributed by atoms with Crippen molar-refractivity contribution in [3.8, 4) is 0 Å². The number of hydrogen-bond donors (Lipinski definition) is 2. The number of sulfonamides is 1. The zero-order valence-electron chi connectivity index (χ0n) is 16.3. The molecule has 1 aliphatic rings.